The van der Waals surface area contributed by atoms with Gasteiger partial charge in [0.25, 0.3) is 0 Å². The molecule has 0 amide bonds. The highest BCUT2D eigenvalue weighted by molar-refractivity contribution is 5.69. The highest BCUT2D eigenvalue weighted by Gasteiger charge is 2.07. The van der Waals surface area contributed by atoms with Gasteiger partial charge in [0.1, 0.15) is 11.5 Å². The van der Waals surface area contributed by atoms with Gasteiger partial charge in [0.2, 0.25) is 0 Å². The minimum Gasteiger partial charge on any atom is -0.461 e. The van der Waals surface area contributed by atoms with Crippen molar-refractivity contribution >= 4 is 0 Å². The predicted octanol–water partition coefficient (Wildman–Crippen LogP) is 5.29. The van der Waals surface area contributed by atoms with Gasteiger partial charge in [-0.15, -0.1) is 0 Å². The number of unbranched alkanes of at least 4 members (excludes halogenated alkanes) is 1. The van der Waals surface area contributed by atoms with E-state index in [2.05, 4.69) is 73.3 Å². The molecular weight excluding hydrogens is 258 g/mol. The van der Waals surface area contributed by atoms with Crippen LogP contribution in [0.1, 0.15) is 25.5 Å². The van der Waals surface area contributed by atoms with Gasteiger partial charge in [-0.1, -0.05) is 31.5 Å². The van der Waals surface area contributed by atoms with E-state index in [4.69, 9.17) is 4.42 Å². The second kappa shape index (κ2) is 6.04. The van der Waals surface area contributed by atoms with Gasteiger partial charge < -0.3 is 8.98 Å². The highest BCUT2D eigenvalue weighted by Crippen LogP contribution is 2.28. The number of aromatic nitrogens is 1. The molecule has 0 radical (unpaired) electrons. The van der Waals surface area contributed by atoms with Crippen molar-refractivity contribution in [2.24, 2.45) is 7.05 Å². The number of nitrogens with zero attached hydrogens (tertiary/aromatic N) is 1. The zero-order valence-electron chi connectivity index (χ0n) is 12.7. The lowest BCUT2D eigenvalue weighted by Crippen LogP contribution is -1.89. The summed E-state index contributed by atoms with van der Waals surface area (Å²) in [5.41, 5.74) is 3.57. The summed E-state index contributed by atoms with van der Waals surface area (Å²) in [6.07, 6.45) is 5.46. The molecule has 0 aliphatic rings. The standard InChI is InChI=1S/C19H21NO/c1-3-4-9-17-11-12-19(21-17)16-8-5-7-15(14-16)18-10-6-13-20(18)2/h5-8,10-14H,3-4,9H2,1-2H3. The topological polar surface area (TPSA) is 18.1 Å². The Morgan fingerprint density at radius 3 is 2.62 bits per heavy atom. The maximum Gasteiger partial charge on any atom is 0.134 e. The predicted molar refractivity (Wildman–Crippen MR) is 87.2 cm³/mol. The number of furan rings is 1. The fourth-order valence-corrected chi connectivity index (χ4v) is 2.61. The van der Waals surface area contributed by atoms with Gasteiger partial charge in [0.05, 0.1) is 0 Å². The molecule has 2 heteroatoms. The van der Waals surface area contributed by atoms with E-state index in [1.54, 1.807) is 0 Å². The van der Waals surface area contributed by atoms with Crippen LogP contribution < -0.4 is 0 Å². The van der Waals surface area contributed by atoms with Crippen LogP contribution >= 0.6 is 0 Å². The quantitative estimate of drug-likeness (QED) is 0.620. The second-order valence-corrected chi connectivity index (χ2v) is 5.45. The van der Waals surface area contributed by atoms with Crippen LogP contribution in [0.25, 0.3) is 22.6 Å². The molecule has 0 unspecified atom stereocenters. The van der Waals surface area contributed by atoms with Gasteiger partial charge >= 0.3 is 0 Å². The summed E-state index contributed by atoms with van der Waals surface area (Å²) in [5, 5.41) is 0. The van der Waals surface area contributed by atoms with E-state index < -0.39 is 0 Å². The molecule has 0 saturated carbocycles. The van der Waals surface area contributed by atoms with Crippen molar-refractivity contribution in [3.63, 3.8) is 0 Å². The Balaban J connectivity index is 1.89. The Morgan fingerprint density at radius 2 is 1.86 bits per heavy atom. The van der Waals surface area contributed by atoms with Crippen molar-refractivity contribution in [1.29, 1.82) is 0 Å². The molecule has 3 rings (SSSR count). The molecule has 3 aromatic rings. The molecule has 0 N–H and O–H groups in total. The van der Waals surface area contributed by atoms with E-state index >= 15 is 0 Å². The fourth-order valence-electron chi connectivity index (χ4n) is 2.61. The maximum absolute atomic E-state index is 5.97. The molecule has 0 saturated heterocycles. The molecule has 0 aliphatic heterocycles. The van der Waals surface area contributed by atoms with Gasteiger partial charge in [-0.05, 0) is 42.3 Å². The van der Waals surface area contributed by atoms with Crippen LogP contribution in [0.15, 0.2) is 59.1 Å². The molecule has 108 valence electrons. The summed E-state index contributed by atoms with van der Waals surface area (Å²) in [5.74, 6) is 2.04. The summed E-state index contributed by atoms with van der Waals surface area (Å²) < 4.78 is 8.10. The fraction of sp³-hybridized carbons (Fsp3) is 0.263. The first-order valence-electron chi connectivity index (χ1n) is 7.59. The maximum atomic E-state index is 5.97. The normalized spacial score (nSPS) is 11.0. The van der Waals surface area contributed by atoms with Crippen molar-refractivity contribution in [2.75, 3.05) is 0 Å². The molecule has 0 spiro atoms. The van der Waals surface area contributed by atoms with Crippen molar-refractivity contribution in [2.45, 2.75) is 26.2 Å². The van der Waals surface area contributed by atoms with Crippen LogP contribution in [0.5, 0.6) is 0 Å². The van der Waals surface area contributed by atoms with Crippen LogP contribution in [0, 0.1) is 0 Å². The van der Waals surface area contributed by atoms with Crippen molar-refractivity contribution in [3.05, 3.63) is 60.5 Å². The summed E-state index contributed by atoms with van der Waals surface area (Å²) in [7, 11) is 2.07. The van der Waals surface area contributed by atoms with Gasteiger partial charge in [-0.25, -0.2) is 0 Å². The zero-order chi connectivity index (χ0) is 14.7. The minimum atomic E-state index is 0.956. The van der Waals surface area contributed by atoms with E-state index in [0.717, 1.165) is 23.5 Å². The smallest absolute Gasteiger partial charge is 0.134 e. The lowest BCUT2D eigenvalue weighted by Gasteiger charge is -2.05. The Hall–Kier alpha value is -2.22. The second-order valence-electron chi connectivity index (χ2n) is 5.45. The lowest BCUT2D eigenvalue weighted by molar-refractivity contribution is 0.512. The molecule has 0 aliphatic carbocycles. The molecule has 2 nitrogen and oxygen atoms in total. The number of hydrogen-bond donors (Lipinski definition) is 0. The molecule has 21 heavy (non-hydrogen) atoms. The molecule has 0 fully saturated rings. The van der Waals surface area contributed by atoms with Gasteiger partial charge in [-0.2, -0.15) is 0 Å². The first-order chi connectivity index (χ1) is 10.3. The molecule has 2 heterocycles. The van der Waals surface area contributed by atoms with Crippen LogP contribution in [-0.2, 0) is 13.5 Å². The molecule has 0 bridgehead atoms. The molecule has 0 atom stereocenters. The number of rotatable bonds is 5. The summed E-state index contributed by atoms with van der Waals surface area (Å²) in [6, 6.07) is 16.9. The van der Waals surface area contributed by atoms with Crippen molar-refractivity contribution < 1.29 is 4.42 Å². The first-order valence-corrected chi connectivity index (χ1v) is 7.59. The molecule has 2 aromatic heterocycles. The van der Waals surface area contributed by atoms with E-state index in [9.17, 15) is 0 Å². The summed E-state index contributed by atoms with van der Waals surface area (Å²) >= 11 is 0. The third kappa shape index (κ3) is 2.94. The zero-order valence-corrected chi connectivity index (χ0v) is 12.7. The summed E-state index contributed by atoms with van der Waals surface area (Å²) in [4.78, 5) is 0. The lowest BCUT2D eigenvalue weighted by atomic mass is 10.1. The Labute approximate surface area is 126 Å². The first kappa shape index (κ1) is 13.7. The molecule has 1 aromatic carbocycles. The minimum absolute atomic E-state index is 0.956. The molecular formula is C19H21NO. The largest absolute Gasteiger partial charge is 0.461 e. The van der Waals surface area contributed by atoms with Gasteiger partial charge in [-0.3, -0.25) is 0 Å². The average molecular weight is 279 g/mol. The number of hydrogen-bond acceptors (Lipinski definition) is 1. The Bertz CT molecular complexity index is 721. The third-order valence-corrected chi connectivity index (χ3v) is 3.82. The SMILES string of the molecule is CCCCc1ccc(-c2cccc(-c3cccn3C)c2)o1. The number of aryl methyl sites for hydroxylation is 2. The van der Waals surface area contributed by atoms with Crippen molar-refractivity contribution in [3.8, 4) is 22.6 Å². The van der Waals surface area contributed by atoms with Gasteiger partial charge in [0, 0.05) is 30.9 Å². The van der Waals surface area contributed by atoms with Crippen LogP contribution in [0.2, 0.25) is 0 Å². The average Bonchev–Trinajstić information content (AvgIpc) is 3.14. The monoisotopic (exact) mass is 279 g/mol. The van der Waals surface area contributed by atoms with E-state index in [-0.39, 0.29) is 0 Å². The van der Waals surface area contributed by atoms with E-state index in [1.807, 2.05) is 0 Å². The van der Waals surface area contributed by atoms with E-state index in [0.29, 0.717) is 0 Å². The summed E-state index contributed by atoms with van der Waals surface area (Å²) in [6.45, 7) is 2.20. The Morgan fingerprint density at radius 1 is 1.00 bits per heavy atom. The highest BCUT2D eigenvalue weighted by atomic mass is 16.3. The van der Waals surface area contributed by atoms with Crippen LogP contribution in [0.4, 0.5) is 0 Å². The van der Waals surface area contributed by atoms with Crippen molar-refractivity contribution in [1.82, 2.24) is 4.57 Å². The Kier molecular flexibility index (Phi) is 3.96. The third-order valence-electron chi connectivity index (χ3n) is 3.82. The van der Waals surface area contributed by atoms with Gasteiger partial charge in [0.15, 0.2) is 0 Å². The number of benzene rings is 1. The van der Waals surface area contributed by atoms with Crippen LogP contribution in [0.3, 0.4) is 0 Å². The van der Waals surface area contributed by atoms with E-state index in [1.165, 1.54) is 24.1 Å². The van der Waals surface area contributed by atoms with Crippen LogP contribution in [-0.4, -0.2) is 4.57 Å².